The quantitative estimate of drug-likeness (QED) is 0.473. The van der Waals surface area contributed by atoms with Gasteiger partial charge in [-0.15, -0.1) is 0 Å². The summed E-state index contributed by atoms with van der Waals surface area (Å²) in [6, 6.07) is 9.61. The number of ether oxygens (including phenoxy) is 1. The summed E-state index contributed by atoms with van der Waals surface area (Å²) in [4.78, 5) is 35.9. The third kappa shape index (κ3) is 7.63. The summed E-state index contributed by atoms with van der Waals surface area (Å²) >= 11 is 0. The van der Waals surface area contributed by atoms with Crippen molar-refractivity contribution in [2.75, 3.05) is 22.9 Å². The van der Waals surface area contributed by atoms with Crippen LogP contribution in [0.5, 0.6) is 5.75 Å². The van der Waals surface area contributed by atoms with Crippen molar-refractivity contribution in [2.45, 2.75) is 20.8 Å². The second kappa shape index (κ2) is 9.94. The van der Waals surface area contributed by atoms with Crippen molar-refractivity contribution in [3.8, 4) is 5.75 Å². The third-order valence-electron chi connectivity index (χ3n) is 3.90. The molecule has 0 atom stereocenters. The summed E-state index contributed by atoms with van der Waals surface area (Å²) in [5.41, 5.74) is 6.39. The Morgan fingerprint density at radius 2 is 1.71 bits per heavy atom. The predicted octanol–water partition coefficient (Wildman–Crippen LogP) is 1.47. The molecule has 3 amide bonds. The van der Waals surface area contributed by atoms with Crippen LogP contribution in [0.3, 0.4) is 0 Å². The highest BCUT2D eigenvalue weighted by atomic mass is 32.2. The number of sulfonamides is 1. The largest absolute Gasteiger partial charge is 0.483 e. The number of rotatable bonds is 7. The highest BCUT2D eigenvalue weighted by molar-refractivity contribution is 7.92. The minimum Gasteiger partial charge on any atom is -0.483 e. The van der Waals surface area contributed by atoms with Crippen LogP contribution in [0.1, 0.15) is 28.4 Å². The molecule has 0 radical (unpaired) electrons. The fraction of sp³-hybridized carbons (Fsp3) is 0.250. The average Bonchev–Trinajstić information content (AvgIpc) is 2.66. The Balaban J connectivity index is 2.07. The molecular weight excluding hydrogens is 424 g/mol. The molecule has 0 unspecified atom stereocenters. The van der Waals surface area contributed by atoms with Crippen LogP contribution in [-0.2, 0) is 19.6 Å². The van der Waals surface area contributed by atoms with E-state index in [-0.39, 0.29) is 29.5 Å². The Hall–Kier alpha value is -3.60. The highest BCUT2D eigenvalue weighted by Gasteiger charge is 2.16. The monoisotopic (exact) mass is 448 g/mol. The molecule has 0 spiro atoms. The third-order valence-corrected chi connectivity index (χ3v) is 4.49. The van der Waals surface area contributed by atoms with Gasteiger partial charge >= 0.3 is 0 Å². The van der Waals surface area contributed by atoms with Gasteiger partial charge in [-0.3, -0.25) is 30.0 Å². The summed E-state index contributed by atoms with van der Waals surface area (Å²) in [5, 5.41) is 2.50. The predicted molar refractivity (Wildman–Crippen MR) is 116 cm³/mol. The Morgan fingerprint density at radius 3 is 2.35 bits per heavy atom. The molecule has 2 aromatic rings. The molecule has 2 aromatic carbocycles. The van der Waals surface area contributed by atoms with Crippen molar-refractivity contribution in [1.82, 2.24) is 10.9 Å². The molecule has 0 saturated heterocycles. The summed E-state index contributed by atoms with van der Waals surface area (Å²) < 4.78 is 30.8. The topological polar surface area (TPSA) is 143 Å². The molecule has 0 aromatic heterocycles. The summed E-state index contributed by atoms with van der Waals surface area (Å²) in [6.07, 6.45) is 0.933. The minimum absolute atomic E-state index is 0.0185. The van der Waals surface area contributed by atoms with Crippen LogP contribution >= 0.6 is 0 Å². The van der Waals surface area contributed by atoms with E-state index in [1.807, 2.05) is 26.0 Å². The summed E-state index contributed by atoms with van der Waals surface area (Å²) in [5.74, 6) is -1.24. The van der Waals surface area contributed by atoms with Gasteiger partial charge in [0.15, 0.2) is 6.61 Å². The molecule has 0 bridgehead atoms. The van der Waals surface area contributed by atoms with Crippen molar-refractivity contribution in [2.24, 2.45) is 0 Å². The lowest BCUT2D eigenvalue weighted by Crippen LogP contribution is -2.44. The van der Waals surface area contributed by atoms with Gasteiger partial charge in [0, 0.05) is 12.6 Å². The number of carbonyl (C=O) groups excluding carboxylic acids is 3. The fourth-order valence-electron chi connectivity index (χ4n) is 2.54. The van der Waals surface area contributed by atoms with Crippen molar-refractivity contribution in [3.05, 3.63) is 53.1 Å². The number of aryl methyl sites for hydroxylation is 2. The lowest BCUT2D eigenvalue weighted by atomic mass is 10.1. The first-order valence-electron chi connectivity index (χ1n) is 9.13. The van der Waals surface area contributed by atoms with Gasteiger partial charge in [0.25, 0.3) is 11.8 Å². The van der Waals surface area contributed by atoms with E-state index in [0.29, 0.717) is 5.75 Å². The number of anilines is 2. The van der Waals surface area contributed by atoms with Crippen LogP contribution in [0.25, 0.3) is 0 Å². The molecule has 0 heterocycles. The lowest BCUT2D eigenvalue weighted by Gasteiger charge is -2.14. The van der Waals surface area contributed by atoms with Gasteiger partial charge in [-0.05, 0) is 49.2 Å². The lowest BCUT2D eigenvalue weighted by molar-refractivity contribution is -0.123. The van der Waals surface area contributed by atoms with Crippen LogP contribution in [0, 0.1) is 13.8 Å². The maximum atomic E-state index is 12.6. The first-order valence-corrected chi connectivity index (χ1v) is 11.0. The molecule has 11 heteroatoms. The van der Waals surface area contributed by atoms with Gasteiger partial charge < -0.3 is 10.1 Å². The molecule has 0 aliphatic heterocycles. The number of hydrogen-bond donors (Lipinski definition) is 4. The van der Waals surface area contributed by atoms with Crippen LogP contribution in [-0.4, -0.2) is 39.0 Å². The van der Waals surface area contributed by atoms with E-state index in [1.54, 1.807) is 6.07 Å². The number of hydrazine groups is 1. The molecule has 4 N–H and O–H groups in total. The van der Waals surface area contributed by atoms with Gasteiger partial charge in [-0.2, -0.15) is 0 Å². The number of carbonyl (C=O) groups is 3. The molecular formula is C20H24N4O6S. The highest BCUT2D eigenvalue weighted by Crippen LogP contribution is 2.22. The van der Waals surface area contributed by atoms with Gasteiger partial charge in [-0.1, -0.05) is 12.1 Å². The maximum Gasteiger partial charge on any atom is 0.276 e. The van der Waals surface area contributed by atoms with E-state index in [4.69, 9.17) is 4.74 Å². The Bertz CT molecular complexity index is 1110. The molecule has 0 saturated carbocycles. The zero-order valence-electron chi connectivity index (χ0n) is 17.5. The zero-order valence-corrected chi connectivity index (χ0v) is 18.3. The van der Waals surface area contributed by atoms with Crippen molar-refractivity contribution in [3.63, 3.8) is 0 Å². The standard InChI is InChI=1S/C20H24N4O6S/c1-12-5-6-13(2)18(9-12)30-11-19(26)22-23-20(27)16-10-15(21-14(3)25)7-8-17(16)24-31(4,28)29/h5-10,24H,11H2,1-4H3,(H,21,25)(H,22,26)(H,23,27). The number of benzene rings is 2. The van der Waals surface area contributed by atoms with Crippen molar-refractivity contribution in [1.29, 1.82) is 0 Å². The van der Waals surface area contributed by atoms with Crippen LogP contribution in [0.4, 0.5) is 11.4 Å². The summed E-state index contributed by atoms with van der Waals surface area (Å²) in [6.45, 7) is 4.68. The first-order chi connectivity index (χ1) is 14.4. The van der Waals surface area contributed by atoms with E-state index in [1.165, 1.54) is 25.1 Å². The van der Waals surface area contributed by atoms with E-state index in [9.17, 15) is 22.8 Å². The van der Waals surface area contributed by atoms with Gasteiger partial charge in [0.05, 0.1) is 17.5 Å². The molecule has 0 aliphatic rings. The first kappa shape index (κ1) is 23.7. The van der Waals surface area contributed by atoms with Crippen molar-refractivity contribution < 1.29 is 27.5 Å². The summed E-state index contributed by atoms with van der Waals surface area (Å²) in [7, 11) is -3.67. The SMILES string of the molecule is CC(=O)Nc1ccc(NS(C)(=O)=O)c(C(=O)NNC(=O)COc2cc(C)ccc2C)c1. The number of amides is 3. The van der Waals surface area contributed by atoms with E-state index < -0.39 is 21.8 Å². The van der Waals surface area contributed by atoms with Gasteiger partial charge in [0.1, 0.15) is 5.75 Å². The second-order valence-electron chi connectivity index (χ2n) is 6.88. The number of nitrogens with one attached hydrogen (secondary N) is 4. The average molecular weight is 449 g/mol. The van der Waals surface area contributed by atoms with Crippen LogP contribution in [0.15, 0.2) is 36.4 Å². The molecule has 166 valence electrons. The molecule has 0 fully saturated rings. The van der Waals surface area contributed by atoms with Crippen LogP contribution < -0.4 is 25.6 Å². The Morgan fingerprint density at radius 1 is 1.00 bits per heavy atom. The molecule has 31 heavy (non-hydrogen) atoms. The van der Waals surface area contributed by atoms with E-state index in [0.717, 1.165) is 17.4 Å². The normalized spacial score (nSPS) is 10.7. The van der Waals surface area contributed by atoms with E-state index in [2.05, 4.69) is 20.9 Å². The second-order valence-corrected chi connectivity index (χ2v) is 8.62. The molecule has 0 aliphatic carbocycles. The molecule has 2 rings (SSSR count). The maximum absolute atomic E-state index is 12.6. The van der Waals surface area contributed by atoms with Gasteiger partial charge in [0.2, 0.25) is 15.9 Å². The van der Waals surface area contributed by atoms with Crippen LogP contribution in [0.2, 0.25) is 0 Å². The van der Waals surface area contributed by atoms with Crippen molar-refractivity contribution >= 4 is 39.1 Å². The smallest absolute Gasteiger partial charge is 0.276 e. The molecule has 10 nitrogen and oxygen atoms in total. The Labute approximate surface area is 180 Å². The zero-order chi connectivity index (χ0) is 23.2. The number of hydrogen-bond acceptors (Lipinski definition) is 6. The van der Waals surface area contributed by atoms with Gasteiger partial charge in [-0.25, -0.2) is 8.42 Å². The van der Waals surface area contributed by atoms with E-state index >= 15 is 0 Å². The fourth-order valence-corrected chi connectivity index (χ4v) is 3.12. The minimum atomic E-state index is -3.67. The Kier molecular flexibility index (Phi) is 7.59.